The monoisotopic (exact) mass is 213 g/mol. The van der Waals surface area contributed by atoms with Gasteiger partial charge in [0.1, 0.15) is 0 Å². The zero-order valence-electron chi connectivity index (χ0n) is 6.55. The Balaban J connectivity index is 2.86. The average molecular weight is 214 g/mol. The van der Waals surface area contributed by atoms with Crippen molar-refractivity contribution in [1.29, 1.82) is 0 Å². The molecule has 0 radical (unpaired) electrons. The Bertz CT molecular complexity index is 235. The summed E-state index contributed by atoms with van der Waals surface area (Å²) in [6.07, 6.45) is 0. The Kier molecular flexibility index (Phi) is 3.09. The molecule has 0 aliphatic rings. The third kappa shape index (κ3) is 2.31. The lowest BCUT2D eigenvalue weighted by Gasteiger charge is -2.07. The van der Waals surface area contributed by atoms with Crippen molar-refractivity contribution in [3.63, 3.8) is 0 Å². The summed E-state index contributed by atoms with van der Waals surface area (Å²) in [7, 11) is 0. The van der Waals surface area contributed by atoms with Crippen molar-refractivity contribution in [2.24, 2.45) is 5.73 Å². The predicted octanol–water partition coefficient (Wildman–Crippen LogP) is 2.51. The summed E-state index contributed by atoms with van der Waals surface area (Å²) in [6, 6.07) is 8.26. The second kappa shape index (κ2) is 3.88. The Morgan fingerprint density at radius 1 is 1.55 bits per heavy atom. The fraction of sp³-hybridized carbons (Fsp3) is 0.333. The quantitative estimate of drug-likeness (QED) is 0.804. The molecular formula is C9H12BrN. The lowest BCUT2D eigenvalue weighted by Crippen LogP contribution is -2.08. The minimum Gasteiger partial charge on any atom is -0.330 e. The first kappa shape index (κ1) is 8.75. The number of halogens is 1. The first-order chi connectivity index (χ1) is 5.24. The predicted molar refractivity (Wildman–Crippen MR) is 51.6 cm³/mol. The molecule has 60 valence electrons. The second-order valence-corrected chi connectivity index (χ2v) is 3.61. The van der Waals surface area contributed by atoms with E-state index >= 15 is 0 Å². The van der Waals surface area contributed by atoms with E-state index < -0.39 is 0 Å². The summed E-state index contributed by atoms with van der Waals surface area (Å²) < 4.78 is 1.12. The standard InChI is InChI=1S/C9H12BrN/c1-7(6-11)8-3-2-4-9(10)5-8/h2-5,7H,6,11H2,1H3. The smallest absolute Gasteiger partial charge is 0.0178 e. The maximum absolute atomic E-state index is 5.54. The van der Waals surface area contributed by atoms with Crippen molar-refractivity contribution in [3.05, 3.63) is 34.3 Å². The van der Waals surface area contributed by atoms with Crippen LogP contribution >= 0.6 is 15.9 Å². The van der Waals surface area contributed by atoms with Gasteiger partial charge in [0.2, 0.25) is 0 Å². The zero-order chi connectivity index (χ0) is 8.27. The Morgan fingerprint density at radius 3 is 2.82 bits per heavy atom. The van der Waals surface area contributed by atoms with Gasteiger partial charge in [-0.05, 0) is 30.2 Å². The molecule has 0 fully saturated rings. The molecule has 0 amide bonds. The fourth-order valence-corrected chi connectivity index (χ4v) is 1.37. The van der Waals surface area contributed by atoms with E-state index in [2.05, 4.69) is 35.0 Å². The van der Waals surface area contributed by atoms with Crippen molar-refractivity contribution >= 4 is 15.9 Å². The molecule has 1 aromatic rings. The van der Waals surface area contributed by atoms with Gasteiger partial charge < -0.3 is 5.73 Å². The van der Waals surface area contributed by atoms with E-state index in [9.17, 15) is 0 Å². The molecule has 0 saturated heterocycles. The minimum atomic E-state index is 0.451. The molecule has 1 rings (SSSR count). The molecule has 0 saturated carbocycles. The van der Waals surface area contributed by atoms with Crippen LogP contribution in [-0.4, -0.2) is 6.54 Å². The molecule has 2 N–H and O–H groups in total. The fourth-order valence-electron chi connectivity index (χ4n) is 0.949. The maximum Gasteiger partial charge on any atom is 0.0178 e. The minimum absolute atomic E-state index is 0.451. The maximum atomic E-state index is 5.54. The van der Waals surface area contributed by atoms with Crippen LogP contribution < -0.4 is 5.73 Å². The van der Waals surface area contributed by atoms with Gasteiger partial charge in [-0.2, -0.15) is 0 Å². The summed E-state index contributed by atoms with van der Waals surface area (Å²) >= 11 is 3.42. The van der Waals surface area contributed by atoms with Crippen LogP contribution in [0, 0.1) is 0 Å². The lowest BCUT2D eigenvalue weighted by atomic mass is 10.0. The number of hydrogen-bond acceptors (Lipinski definition) is 1. The van der Waals surface area contributed by atoms with Crippen LogP contribution in [0.25, 0.3) is 0 Å². The van der Waals surface area contributed by atoms with Crippen LogP contribution in [0.3, 0.4) is 0 Å². The van der Waals surface area contributed by atoms with Gasteiger partial charge >= 0.3 is 0 Å². The highest BCUT2D eigenvalue weighted by atomic mass is 79.9. The Hall–Kier alpha value is -0.340. The highest BCUT2D eigenvalue weighted by Gasteiger charge is 2.01. The molecule has 0 heterocycles. The Labute approximate surface area is 75.7 Å². The van der Waals surface area contributed by atoms with Gasteiger partial charge in [-0.3, -0.25) is 0 Å². The van der Waals surface area contributed by atoms with E-state index in [1.807, 2.05) is 12.1 Å². The molecule has 1 aromatic carbocycles. The number of rotatable bonds is 2. The molecule has 11 heavy (non-hydrogen) atoms. The normalized spacial score (nSPS) is 13.0. The van der Waals surface area contributed by atoms with E-state index in [-0.39, 0.29) is 0 Å². The molecule has 0 aliphatic carbocycles. The van der Waals surface area contributed by atoms with Crippen molar-refractivity contribution in [2.75, 3.05) is 6.54 Å². The van der Waals surface area contributed by atoms with Gasteiger partial charge in [0.15, 0.2) is 0 Å². The molecule has 1 atom stereocenters. The van der Waals surface area contributed by atoms with Crippen LogP contribution in [-0.2, 0) is 0 Å². The van der Waals surface area contributed by atoms with E-state index in [1.54, 1.807) is 0 Å². The van der Waals surface area contributed by atoms with Crippen LogP contribution in [0.4, 0.5) is 0 Å². The number of hydrogen-bond donors (Lipinski definition) is 1. The summed E-state index contributed by atoms with van der Waals surface area (Å²) in [5.74, 6) is 0.451. The van der Waals surface area contributed by atoms with E-state index in [4.69, 9.17) is 5.73 Å². The summed E-state index contributed by atoms with van der Waals surface area (Å²) in [4.78, 5) is 0. The van der Waals surface area contributed by atoms with Crippen LogP contribution in [0.1, 0.15) is 18.4 Å². The number of benzene rings is 1. The molecule has 2 heteroatoms. The van der Waals surface area contributed by atoms with Gasteiger partial charge in [-0.25, -0.2) is 0 Å². The average Bonchev–Trinajstić information content (AvgIpc) is 2.03. The van der Waals surface area contributed by atoms with Gasteiger partial charge in [0.25, 0.3) is 0 Å². The van der Waals surface area contributed by atoms with Gasteiger partial charge in [-0.1, -0.05) is 35.0 Å². The largest absolute Gasteiger partial charge is 0.330 e. The highest BCUT2D eigenvalue weighted by molar-refractivity contribution is 9.10. The van der Waals surface area contributed by atoms with Crippen LogP contribution in [0.15, 0.2) is 28.7 Å². The molecule has 0 aromatic heterocycles. The van der Waals surface area contributed by atoms with Gasteiger partial charge in [0, 0.05) is 4.47 Å². The summed E-state index contributed by atoms with van der Waals surface area (Å²) in [5, 5.41) is 0. The highest BCUT2D eigenvalue weighted by Crippen LogP contribution is 2.18. The molecule has 1 nitrogen and oxygen atoms in total. The van der Waals surface area contributed by atoms with Crippen LogP contribution in [0.2, 0.25) is 0 Å². The first-order valence-corrected chi connectivity index (χ1v) is 4.49. The molecule has 0 spiro atoms. The van der Waals surface area contributed by atoms with E-state index in [0.29, 0.717) is 12.5 Å². The van der Waals surface area contributed by atoms with E-state index in [0.717, 1.165) is 4.47 Å². The van der Waals surface area contributed by atoms with Crippen molar-refractivity contribution in [2.45, 2.75) is 12.8 Å². The topological polar surface area (TPSA) is 26.0 Å². The summed E-state index contributed by atoms with van der Waals surface area (Å²) in [5.41, 5.74) is 6.83. The van der Waals surface area contributed by atoms with E-state index in [1.165, 1.54) is 5.56 Å². The number of nitrogens with two attached hydrogens (primary N) is 1. The summed E-state index contributed by atoms with van der Waals surface area (Å²) in [6.45, 7) is 2.83. The first-order valence-electron chi connectivity index (χ1n) is 3.69. The van der Waals surface area contributed by atoms with Gasteiger partial charge in [0.05, 0.1) is 0 Å². The zero-order valence-corrected chi connectivity index (χ0v) is 8.14. The van der Waals surface area contributed by atoms with Crippen LogP contribution in [0.5, 0.6) is 0 Å². The molecule has 1 unspecified atom stereocenters. The molecule has 0 aliphatic heterocycles. The van der Waals surface area contributed by atoms with Crippen molar-refractivity contribution in [3.8, 4) is 0 Å². The molecule has 0 bridgehead atoms. The lowest BCUT2D eigenvalue weighted by molar-refractivity contribution is 0.773. The molecular weight excluding hydrogens is 202 g/mol. The second-order valence-electron chi connectivity index (χ2n) is 2.69. The third-order valence-corrected chi connectivity index (χ3v) is 2.26. The SMILES string of the molecule is CC(CN)c1cccc(Br)c1. The van der Waals surface area contributed by atoms with Crippen molar-refractivity contribution < 1.29 is 0 Å². The Morgan fingerprint density at radius 2 is 2.27 bits per heavy atom. The van der Waals surface area contributed by atoms with Crippen molar-refractivity contribution in [1.82, 2.24) is 0 Å². The van der Waals surface area contributed by atoms with Gasteiger partial charge in [-0.15, -0.1) is 0 Å². The third-order valence-electron chi connectivity index (χ3n) is 1.77.